The van der Waals surface area contributed by atoms with Gasteiger partial charge in [-0.2, -0.15) is 0 Å². The molecule has 29 heavy (non-hydrogen) atoms. The third kappa shape index (κ3) is 4.24. The Balaban J connectivity index is 1.64. The third-order valence-electron chi connectivity index (χ3n) is 4.84. The minimum Gasteiger partial charge on any atom is -0.504 e. The third-order valence-corrected chi connectivity index (χ3v) is 4.84. The standard InChI is InChI=1S/C24H21N3O2/c28-23-21-20(12-7-14-25-21)16-26-22(23)24(29)27(17-19-10-5-2-6-11-19)15-13-18-8-3-1-4-9-18/h1-12,14,16,28H,13,15,17H2. The summed E-state index contributed by atoms with van der Waals surface area (Å²) in [6.07, 6.45) is 3.88. The van der Waals surface area contributed by atoms with E-state index in [1.165, 1.54) is 0 Å². The number of aromatic hydroxyl groups is 1. The van der Waals surface area contributed by atoms with Gasteiger partial charge >= 0.3 is 0 Å². The molecule has 0 bridgehead atoms. The van der Waals surface area contributed by atoms with Gasteiger partial charge < -0.3 is 10.0 Å². The van der Waals surface area contributed by atoms with Crippen LogP contribution in [0.1, 0.15) is 21.6 Å². The lowest BCUT2D eigenvalue weighted by Crippen LogP contribution is -2.33. The summed E-state index contributed by atoms with van der Waals surface area (Å²) < 4.78 is 0. The van der Waals surface area contributed by atoms with Crippen molar-refractivity contribution in [2.75, 3.05) is 6.54 Å². The first kappa shape index (κ1) is 18.6. The first-order valence-electron chi connectivity index (χ1n) is 9.52. The van der Waals surface area contributed by atoms with E-state index in [1.807, 2.05) is 60.7 Å². The van der Waals surface area contributed by atoms with Gasteiger partial charge in [-0.15, -0.1) is 0 Å². The number of hydrogen-bond donors (Lipinski definition) is 1. The van der Waals surface area contributed by atoms with E-state index in [2.05, 4.69) is 9.97 Å². The summed E-state index contributed by atoms with van der Waals surface area (Å²) in [6, 6.07) is 23.4. The lowest BCUT2D eigenvalue weighted by Gasteiger charge is -2.23. The van der Waals surface area contributed by atoms with Gasteiger partial charge in [0.05, 0.1) is 0 Å². The lowest BCUT2D eigenvalue weighted by molar-refractivity contribution is 0.0736. The summed E-state index contributed by atoms with van der Waals surface area (Å²) in [5.74, 6) is -0.485. The molecule has 5 nitrogen and oxygen atoms in total. The van der Waals surface area contributed by atoms with E-state index >= 15 is 0 Å². The molecule has 144 valence electrons. The zero-order chi connectivity index (χ0) is 20.1. The number of nitrogens with zero attached hydrogens (tertiary/aromatic N) is 3. The molecule has 5 heteroatoms. The SMILES string of the molecule is O=C(c1ncc2cccnc2c1O)N(CCc1ccccc1)Cc1ccccc1. The number of fused-ring (bicyclic) bond motifs is 1. The van der Waals surface area contributed by atoms with Gasteiger partial charge in [-0.05, 0) is 29.7 Å². The molecule has 2 aromatic carbocycles. The highest BCUT2D eigenvalue weighted by molar-refractivity contribution is 6.00. The molecule has 1 amide bonds. The Bertz CT molecular complexity index is 1110. The Labute approximate surface area is 169 Å². The molecule has 0 radical (unpaired) electrons. The summed E-state index contributed by atoms with van der Waals surface area (Å²) >= 11 is 0. The van der Waals surface area contributed by atoms with Crippen molar-refractivity contribution >= 4 is 16.8 Å². The second-order valence-electron chi connectivity index (χ2n) is 6.84. The van der Waals surface area contributed by atoms with E-state index in [9.17, 15) is 9.90 Å². The van der Waals surface area contributed by atoms with E-state index in [1.54, 1.807) is 29.4 Å². The summed E-state index contributed by atoms with van der Waals surface area (Å²) in [4.78, 5) is 23.5. The molecule has 0 unspecified atom stereocenters. The fourth-order valence-corrected chi connectivity index (χ4v) is 3.30. The molecule has 2 heterocycles. The van der Waals surface area contributed by atoms with Gasteiger partial charge in [-0.1, -0.05) is 60.7 Å². The van der Waals surface area contributed by atoms with Gasteiger partial charge in [0.1, 0.15) is 5.52 Å². The van der Waals surface area contributed by atoms with Crippen LogP contribution >= 0.6 is 0 Å². The topological polar surface area (TPSA) is 66.3 Å². The average Bonchev–Trinajstić information content (AvgIpc) is 2.78. The maximum absolute atomic E-state index is 13.3. The molecule has 0 atom stereocenters. The first-order chi connectivity index (χ1) is 14.2. The number of amides is 1. The van der Waals surface area contributed by atoms with E-state index < -0.39 is 0 Å². The van der Waals surface area contributed by atoms with Crippen LogP contribution in [0, 0.1) is 0 Å². The molecule has 0 spiro atoms. The largest absolute Gasteiger partial charge is 0.504 e. The van der Waals surface area contributed by atoms with Crippen molar-refractivity contribution in [2.24, 2.45) is 0 Å². The first-order valence-corrected chi connectivity index (χ1v) is 9.52. The number of rotatable bonds is 6. The maximum Gasteiger partial charge on any atom is 0.276 e. The van der Waals surface area contributed by atoms with Crippen molar-refractivity contribution in [3.05, 3.63) is 102 Å². The number of carbonyl (C=O) groups is 1. The molecule has 4 rings (SSSR count). The van der Waals surface area contributed by atoms with Gasteiger partial charge in [0.2, 0.25) is 0 Å². The van der Waals surface area contributed by atoms with Crippen LogP contribution in [0.15, 0.2) is 85.2 Å². The number of pyridine rings is 2. The van der Waals surface area contributed by atoms with Crippen molar-refractivity contribution in [2.45, 2.75) is 13.0 Å². The van der Waals surface area contributed by atoms with Crippen LogP contribution in [-0.4, -0.2) is 32.4 Å². The summed E-state index contributed by atoms with van der Waals surface area (Å²) in [5.41, 5.74) is 2.58. The van der Waals surface area contributed by atoms with Crippen molar-refractivity contribution in [1.29, 1.82) is 0 Å². The quantitative estimate of drug-likeness (QED) is 0.541. The van der Waals surface area contributed by atoms with E-state index in [4.69, 9.17) is 0 Å². The molecule has 0 aliphatic heterocycles. The fourth-order valence-electron chi connectivity index (χ4n) is 3.30. The Kier molecular flexibility index (Phi) is 5.47. The van der Waals surface area contributed by atoms with Gasteiger partial charge in [0.25, 0.3) is 5.91 Å². The summed E-state index contributed by atoms with van der Waals surface area (Å²) in [6.45, 7) is 0.951. The molecular weight excluding hydrogens is 362 g/mol. The van der Waals surface area contributed by atoms with Crippen LogP contribution in [0.25, 0.3) is 10.9 Å². The molecule has 2 aromatic heterocycles. The molecule has 0 saturated heterocycles. The minimum atomic E-state index is -0.310. The Morgan fingerprint density at radius 3 is 2.28 bits per heavy atom. The van der Waals surface area contributed by atoms with Crippen molar-refractivity contribution in [1.82, 2.24) is 14.9 Å². The highest BCUT2D eigenvalue weighted by Crippen LogP contribution is 2.26. The molecular formula is C24H21N3O2. The van der Waals surface area contributed by atoms with Gasteiger partial charge in [-0.3, -0.25) is 9.78 Å². The van der Waals surface area contributed by atoms with Crippen LogP contribution < -0.4 is 0 Å². The van der Waals surface area contributed by atoms with Crippen LogP contribution in [-0.2, 0) is 13.0 Å². The second kappa shape index (κ2) is 8.52. The predicted molar refractivity (Wildman–Crippen MR) is 113 cm³/mol. The number of aromatic nitrogens is 2. The molecule has 1 N–H and O–H groups in total. The van der Waals surface area contributed by atoms with Crippen LogP contribution in [0.3, 0.4) is 0 Å². The highest BCUT2D eigenvalue weighted by Gasteiger charge is 2.22. The van der Waals surface area contributed by atoms with Crippen LogP contribution in [0.2, 0.25) is 0 Å². The fraction of sp³-hybridized carbons (Fsp3) is 0.125. The summed E-state index contributed by atoms with van der Waals surface area (Å²) in [5, 5.41) is 11.3. The minimum absolute atomic E-state index is 0.0280. The Hall–Kier alpha value is -3.73. The van der Waals surface area contributed by atoms with E-state index in [0.717, 1.165) is 11.1 Å². The molecule has 0 saturated carbocycles. The predicted octanol–water partition coefficient (Wildman–Crippen LogP) is 4.22. The Morgan fingerprint density at radius 2 is 1.55 bits per heavy atom. The Morgan fingerprint density at radius 1 is 0.862 bits per heavy atom. The van der Waals surface area contributed by atoms with Crippen molar-refractivity contribution in [3.63, 3.8) is 0 Å². The van der Waals surface area contributed by atoms with E-state index in [0.29, 0.717) is 30.4 Å². The van der Waals surface area contributed by atoms with Gasteiger partial charge in [0.15, 0.2) is 11.4 Å². The van der Waals surface area contributed by atoms with Crippen molar-refractivity contribution < 1.29 is 9.90 Å². The van der Waals surface area contributed by atoms with Crippen LogP contribution in [0.4, 0.5) is 0 Å². The van der Waals surface area contributed by atoms with Crippen molar-refractivity contribution in [3.8, 4) is 5.75 Å². The molecule has 0 fully saturated rings. The highest BCUT2D eigenvalue weighted by atomic mass is 16.3. The zero-order valence-electron chi connectivity index (χ0n) is 15.9. The summed E-state index contributed by atoms with van der Waals surface area (Å²) in [7, 11) is 0. The number of carbonyl (C=O) groups excluding carboxylic acids is 1. The smallest absolute Gasteiger partial charge is 0.276 e. The maximum atomic E-state index is 13.3. The molecule has 0 aliphatic carbocycles. The zero-order valence-corrected chi connectivity index (χ0v) is 15.9. The number of benzene rings is 2. The average molecular weight is 383 g/mol. The molecule has 4 aromatic rings. The van der Waals surface area contributed by atoms with E-state index in [-0.39, 0.29) is 17.4 Å². The second-order valence-corrected chi connectivity index (χ2v) is 6.84. The monoisotopic (exact) mass is 383 g/mol. The van der Waals surface area contributed by atoms with Crippen LogP contribution in [0.5, 0.6) is 5.75 Å². The lowest BCUT2D eigenvalue weighted by atomic mass is 10.1. The normalized spacial score (nSPS) is 10.8. The molecule has 0 aliphatic rings. The van der Waals surface area contributed by atoms with Gasteiger partial charge in [-0.25, -0.2) is 4.98 Å². The van der Waals surface area contributed by atoms with Gasteiger partial charge in [0, 0.05) is 30.9 Å². The number of hydrogen-bond acceptors (Lipinski definition) is 4.